The zero-order valence-corrected chi connectivity index (χ0v) is 40.5. The Labute approximate surface area is 259 Å². The summed E-state index contributed by atoms with van der Waals surface area (Å²) in [6.07, 6.45) is 0.611. The maximum atomic E-state index is 9.48. The van der Waals surface area contributed by atoms with Crippen LogP contribution < -0.4 is 0 Å². The smallest absolute Gasteiger partial charge is 0.0976 e. The van der Waals surface area contributed by atoms with Gasteiger partial charge in [-0.1, -0.05) is 13.8 Å². The van der Waals surface area contributed by atoms with Crippen LogP contribution >= 0.6 is 0 Å². The molecular weight excluding hydrogens is 1110 g/mol. The standard InChI is InChI=1S/C17H34O6.2C6H13O4.2Rf/c1-17(2,13-22-9-5-7-15(18)11-20-3)14-23-10-6-8-16(19)12-21-4;2*1-9-4-6(8)5-10-3-2-7;;/h15-16,18-19H,3-14H2,1-2H3;2*6-8H,1-5H2;;/q-2;2*-1;;. The largest absolute Gasteiger partial charge is 0.553 e. The first-order valence-corrected chi connectivity index (χ1v) is 14.3. The normalized spacial score (nSPS) is 13.6. The Morgan fingerprint density at radius 2 is 0.800 bits per heavy atom. The average Bonchev–Trinajstić information content (AvgIpc) is 2.94. The molecule has 6 N–H and O–H groups in total. The zero-order chi connectivity index (χ0) is 33.2. The van der Waals surface area contributed by atoms with E-state index in [2.05, 4.69) is 61.2 Å². The molecule has 16 heteroatoms. The van der Waals surface area contributed by atoms with Gasteiger partial charge in [-0.05, 0) is 25.7 Å². The maximum Gasteiger partial charge on any atom is 0.0976 e. The van der Waals surface area contributed by atoms with Gasteiger partial charge in [-0.25, -0.2) is 28.4 Å². The fraction of sp³-hybridized carbons (Fsp3) is 0.862. The molecule has 0 aliphatic heterocycles. The summed E-state index contributed by atoms with van der Waals surface area (Å²) in [7, 11) is 12.6. The molecule has 4 unspecified atom stereocenters. The summed E-state index contributed by atoms with van der Waals surface area (Å²) in [6.45, 7) is 8.21. The van der Waals surface area contributed by atoms with E-state index >= 15 is 0 Å². The van der Waals surface area contributed by atoms with Gasteiger partial charge in [0.25, 0.3) is 0 Å². The van der Waals surface area contributed by atoms with Crippen LogP contribution in [-0.2, 0) is 37.9 Å². The van der Waals surface area contributed by atoms with E-state index in [1.54, 1.807) is 0 Å². The molecule has 14 nitrogen and oxygen atoms in total. The van der Waals surface area contributed by atoms with Crippen molar-refractivity contribution in [3.8, 4) is 0 Å². The minimum atomic E-state index is -0.649. The summed E-state index contributed by atoms with van der Waals surface area (Å²) in [5.74, 6) is 0. The first kappa shape index (κ1) is 52.0. The van der Waals surface area contributed by atoms with Crippen LogP contribution in [0.4, 0.5) is 0 Å². The maximum absolute atomic E-state index is 9.48. The van der Waals surface area contributed by atoms with Crippen molar-refractivity contribution in [2.75, 3.05) is 92.5 Å². The Morgan fingerprint density at radius 1 is 0.489 bits per heavy atom. The van der Waals surface area contributed by atoms with Gasteiger partial charge in [0.15, 0.2) is 0 Å². The predicted molar refractivity (Wildman–Crippen MR) is 159 cm³/mol. The Balaban J connectivity index is -0.000000202. The molecule has 0 aliphatic rings. The molecule has 0 saturated heterocycles. The second-order valence-corrected chi connectivity index (χ2v) is 10.2. The van der Waals surface area contributed by atoms with E-state index in [0.29, 0.717) is 39.3 Å². The quantitative estimate of drug-likeness (QED) is 0.0462. The molecule has 0 aromatic rings. The number of aliphatic hydroxyl groups is 6. The van der Waals surface area contributed by atoms with Crippen LogP contribution in [-0.4, -0.2) is 148 Å². The molecular formula is C29H60O14Rf2-4. The van der Waals surface area contributed by atoms with Crippen LogP contribution in [0.2, 0.25) is 0 Å². The van der Waals surface area contributed by atoms with Gasteiger partial charge in [0, 0.05) is 45.1 Å². The summed E-state index contributed by atoms with van der Waals surface area (Å²) in [4.78, 5) is 0. The summed E-state index contributed by atoms with van der Waals surface area (Å²) < 4.78 is 38.9. The molecule has 4 atom stereocenters. The first-order valence-electron chi connectivity index (χ1n) is 14.3. The Morgan fingerprint density at radius 3 is 1.09 bits per heavy atom. The van der Waals surface area contributed by atoms with E-state index in [1.165, 1.54) is 0 Å². The van der Waals surface area contributed by atoms with E-state index in [4.69, 9.17) is 39.4 Å². The van der Waals surface area contributed by atoms with Crippen molar-refractivity contribution in [1.82, 2.24) is 0 Å². The summed E-state index contributed by atoms with van der Waals surface area (Å²) in [6, 6.07) is 0. The topological polar surface area (TPSA) is 195 Å². The van der Waals surface area contributed by atoms with Gasteiger partial charge in [0.1, 0.15) is 0 Å². The van der Waals surface area contributed by atoms with E-state index in [0.717, 1.165) is 12.8 Å². The van der Waals surface area contributed by atoms with Gasteiger partial charge in [-0.15, -0.1) is 0 Å². The van der Waals surface area contributed by atoms with E-state index < -0.39 is 24.4 Å². The summed E-state index contributed by atoms with van der Waals surface area (Å²) in [5, 5.41) is 53.3. The van der Waals surface area contributed by atoms with Gasteiger partial charge >= 0.3 is 0 Å². The third-order valence-electron chi connectivity index (χ3n) is 4.97. The zero-order valence-electron chi connectivity index (χ0n) is 27.7. The number of aliphatic hydroxyl groups excluding tert-OH is 6. The van der Waals surface area contributed by atoms with Gasteiger partial charge in [-0.3, -0.25) is 0 Å². The van der Waals surface area contributed by atoms with Crippen LogP contribution in [0.15, 0.2) is 0 Å². The Hall–Kier alpha value is -2.56. The SMILES string of the molecule is [CH2-]OCC(O)CCCOCC(C)(C)COCCCC(O)CO[CH2-].[CH2-]OCC(O)COCCO.[CH2-]OCC(O)COCCO.[Rf].[Rf]. The van der Waals surface area contributed by atoms with Gasteiger partial charge in [0.05, 0.1) is 77.3 Å². The van der Waals surface area contributed by atoms with Crippen molar-refractivity contribution in [3.05, 3.63) is 28.4 Å². The third kappa shape index (κ3) is 46.0. The fourth-order valence-electron chi connectivity index (χ4n) is 2.96. The second kappa shape index (κ2) is 39.5. The molecule has 0 amide bonds. The van der Waals surface area contributed by atoms with Crippen molar-refractivity contribution in [2.45, 2.75) is 63.9 Å². The number of rotatable bonds is 28. The Kier molecular flexibility index (Phi) is 45.6. The van der Waals surface area contributed by atoms with Crippen molar-refractivity contribution >= 4 is 0 Å². The van der Waals surface area contributed by atoms with Crippen LogP contribution in [0, 0.1) is 33.9 Å². The Bertz CT molecular complexity index is 485. The molecule has 0 saturated carbocycles. The molecule has 0 fully saturated rings. The molecule has 0 bridgehead atoms. The minimum Gasteiger partial charge on any atom is -0.553 e. The molecule has 268 valence electrons. The van der Waals surface area contributed by atoms with E-state index in [9.17, 15) is 10.2 Å². The van der Waals surface area contributed by atoms with Crippen LogP contribution in [0.5, 0.6) is 0 Å². The molecule has 0 rings (SSSR count). The van der Waals surface area contributed by atoms with Gasteiger partial charge < -0.3 is 68.5 Å². The predicted octanol–water partition coefficient (Wildman–Crippen LogP) is 0.273. The van der Waals surface area contributed by atoms with Crippen LogP contribution in [0.1, 0.15) is 39.5 Å². The van der Waals surface area contributed by atoms with Crippen molar-refractivity contribution in [3.63, 3.8) is 0 Å². The average molecular weight is 1170 g/mol. The molecule has 0 aliphatic carbocycles. The van der Waals surface area contributed by atoms with Crippen molar-refractivity contribution in [2.24, 2.45) is 5.41 Å². The van der Waals surface area contributed by atoms with Crippen LogP contribution in [0.3, 0.4) is 0 Å². The monoisotopic (exact) mass is 1170 g/mol. The molecule has 0 radical (unpaired) electrons. The molecule has 0 heterocycles. The van der Waals surface area contributed by atoms with E-state index in [1.807, 2.05) is 0 Å². The second-order valence-electron chi connectivity index (χ2n) is 10.2. The molecule has 0 aromatic carbocycles. The minimum absolute atomic E-state index is 0. The van der Waals surface area contributed by atoms with Gasteiger partial charge in [0.2, 0.25) is 0 Å². The fourth-order valence-corrected chi connectivity index (χ4v) is 2.96. The van der Waals surface area contributed by atoms with E-state index in [-0.39, 0.29) is 71.5 Å². The number of hydrogen-bond acceptors (Lipinski definition) is 14. The first-order chi connectivity index (χ1) is 20.5. The number of hydrogen-bond donors (Lipinski definition) is 6. The molecule has 0 aromatic heterocycles. The molecule has 0 spiro atoms. The van der Waals surface area contributed by atoms with Crippen molar-refractivity contribution < 1.29 is 68.5 Å². The van der Waals surface area contributed by atoms with Gasteiger partial charge in [-0.2, -0.15) is 0 Å². The number of ether oxygens (including phenoxy) is 8. The molecule has 45 heavy (non-hydrogen) atoms. The van der Waals surface area contributed by atoms with Crippen LogP contribution in [0.25, 0.3) is 0 Å². The summed E-state index contributed by atoms with van der Waals surface area (Å²) >= 11 is 0. The summed E-state index contributed by atoms with van der Waals surface area (Å²) in [5.41, 5.74) is -0.0653. The van der Waals surface area contributed by atoms with Crippen molar-refractivity contribution in [1.29, 1.82) is 0 Å². The third-order valence-corrected chi connectivity index (χ3v) is 4.97.